The van der Waals surface area contributed by atoms with Gasteiger partial charge in [-0.05, 0) is 18.9 Å². The summed E-state index contributed by atoms with van der Waals surface area (Å²) in [6.07, 6.45) is 1.24. The topological polar surface area (TPSA) is 60.9 Å². The van der Waals surface area contributed by atoms with E-state index < -0.39 is 0 Å². The van der Waals surface area contributed by atoms with E-state index in [1.807, 2.05) is 4.90 Å². The normalized spacial score (nSPS) is 36.4. The van der Waals surface area contributed by atoms with Gasteiger partial charge in [0.2, 0.25) is 11.8 Å². The van der Waals surface area contributed by atoms with Gasteiger partial charge in [0.05, 0.1) is 19.1 Å². The maximum Gasteiger partial charge on any atom is 0.246 e. The van der Waals surface area contributed by atoms with Crippen molar-refractivity contribution >= 4 is 11.8 Å². The van der Waals surface area contributed by atoms with Crippen molar-refractivity contribution in [2.45, 2.75) is 31.8 Å². The van der Waals surface area contributed by atoms with E-state index in [4.69, 9.17) is 0 Å². The molecule has 2 heterocycles. The molecule has 0 saturated carbocycles. The minimum Gasteiger partial charge on any atom is -0.395 e. The number of carbonyl (C=O) groups is 2. The predicted octanol–water partition coefficient (Wildman–Crippen LogP) is -0.554. The minimum atomic E-state index is -0.348. The SMILES string of the molecule is CC1CCN(C2CC(=O)N(C)C2=O)C1CO. The Balaban J connectivity index is 2.14. The third-order valence-electron chi connectivity index (χ3n) is 3.87. The molecule has 2 aliphatic heterocycles. The van der Waals surface area contributed by atoms with Gasteiger partial charge in [-0.25, -0.2) is 0 Å². The molecule has 0 aliphatic carbocycles. The van der Waals surface area contributed by atoms with Crippen LogP contribution in [0.2, 0.25) is 0 Å². The van der Waals surface area contributed by atoms with Crippen molar-refractivity contribution in [3.05, 3.63) is 0 Å². The molecule has 2 aliphatic rings. The number of likely N-dealkylation sites (tertiary alicyclic amines) is 2. The molecule has 2 amide bonds. The Morgan fingerprint density at radius 3 is 2.62 bits per heavy atom. The molecule has 2 saturated heterocycles. The van der Waals surface area contributed by atoms with E-state index in [1.54, 1.807) is 0 Å². The van der Waals surface area contributed by atoms with E-state index in [0.717, 1.165) is 13.0 Å². The van der Waals surface area contributed by atoms with Crippen LogP contribution in [0, 0.1) is 5.92 Å². The van der Waals surface area contributed by atoms with Gasteiger partial charge < -0.3 is 5.11 Å². The number of rotatable bonds is 2. The van der Waals surface area contributed by atoms with Crippen LogP contribution in [0.25, 0.3) is 0 Å². The number of hydrogen-bond donors (Lipinski definition) is 1. The van der Waals surface area contributed by atoms with Crippen LogP contribution in [-0.2, 0) is 9.59 Å². The van der Waals surface area contributed by atoms with Crippen LogP contribution >= 0.6 is 0 Å². The number of aliphatic hydroxyl groups excluding tert-OH is 1. The van der Waals surface area contributed by atoms with Crippen LogP contribution in [0.3, 0.4) is 0 Å². The van der Waals surface area contributed by atoms with Gasteiger partial charge in [-0.15, -0.1) is 0 Å². The number of amides is 2. The lowest BCUT2D eigenvalue weighted by molar-refractivity contribution is -0.138. The molecule has 0 aromatic carbocycles. The van der Waals surface area contributed by atoms with Crippen molar-refractivity contribution in [1.82, 2.24) is 9.80 Å². The minimum absolute atomic E-state index is 0.0215. The summed E-state index contributed by atoms with van der Waals surface area (Å²) in [5.74, 6) is 0.141. The smallest absolute Gasteiger partial charge is 0.246 e. The number of imide groups is 1. The highest BCUT2D eigenvalue weighted by Crippen LogP contribution is 2.29. The highest BCUT2D eigenvalue weighted by Gasteiger charge is 2.45. The molecule has 1 N–H and O–H groups in total. The zero-order valence-electron chi connectivity index (χ0n) is 9.72. The molecule has 0 spiro atoms. The molecule has 0 bridgehead atoms. The van der Waals surface area contributed by atoms with Gasteiger partial charge in [-0.1, -0.05) is 6.92 Å². The first-order valence-corrected chi connectivity index (χ1v) is 5.73. The molecule has 16 heavy (non-hydrogen) atoms. The van der Waals surface area contributed by atoms with E-state index in [1.165, 1.54) is 11.9 Å². The van der Waals surface area contributed by atoms with Gasteiger partial charge >= 0.3 is 0 Å². The van der Waals surface area contributed by atoms with Gasteiger partial charge in [0.25, 0.3) is 0 Å². The Bertz CT molecular complexity index is 318. The molecule has 5 heteroatoms. The molecular weight excluding hydrogens is 208 g/mol. The van der Waals surface area contributed by atoms with E-state index in [9.17, 15) is 14.7 Å². The summed E-state index contributed by atoms with van der Waals surface area (Å²) in [6.45, 7) is 2.93. The molecule has 0 aromatic heterocycles. The summed E-state index contributed by atoms with van der Waals surface area (Å²) >= 11 is 0. The van der Waals surface area contributed by atoms with Crippen molar-refractivity contribution in [2.24, 2.45) is 5.92 Å². The summed E-state index contributed by atoms with van der Waals surface area (Å²) in [4.78, 5) is 26.5. The van der Waals surface area contributed by atoms with E-state index in [-0.39, 0.29) is 36.9 Å². The van der Waals surface area contributed by atoms with Gasteiger partial charge in [-0.2, -0.15) is 0 Å². The molecule has 2 fully saturated rings. The Labute approximate surface area is 95.0 Å². The van der Waals surface area contributed by atoms with Crippen molar-refractivity contribution in [3.63, 3.8) is 0 Å². The van der Waals surface area contributed by atoms with Crippen molar-refractivity contribution in [3.8, 4) is 0 Å². The number of aliphatic hydroxyl groups is 1. The summed E-state index contributed by atoms with van der Waals surface area (Å²) in [5, 5.41) is 9.33. The van der Waals surface area contributed by atoms with Crippen LogP contribution < -0.4 is 0 Å². The summed E-state index contributed by atoms with van der Waals surface area (Å²) < 4.78 is 0. The van der Waals surface area contributed by atoms with Crippen molar-refractivity contribution < 1.29 is 14.7 Å². The fourth-order valence-electron chi connectivity index (χ4n) is 2.70. The third kappa shape index (κ3) is 1.64. The van der Waals surface area contributed by atoms with E-state index in [2.05, 4.69) is 6.92 Å². The summed E-state index contributed by atoms with van der Waals surface area (Å²) in [5.41, 5.74) is 0. The lowest BCUT2D eigenvalue weighted by atomic mass is 10.0. The Hall–Kier alpha value is -0.940. The molecule has 90 valence electrons. The zero-order chi connectivity index (χ0) is 11.9. The molecule has 5 nitrogen and oxygen atoms in total. The second kappa shape index (κ2) is 4.14. The average molecular weight is 226 g/mol. The lowest BCUT2D eigenvalue weighted by Gasteiger charge is -2.28. The van der Waals surface area contributed by atoms with Gasteiger partial charge in [0.1, 0.15) is 0 Å². The molecule has 3 atom stereocenters. The largest absolute Gasteiger partial charge is 0.395 e. The maximum absolute atomic E-state index is 11.9. The van der Waals surface area contributed by atoms with Crippen LogP contribution in [0.15, 0.2) is 0 Å². The zero-order valence-corrected chi connectivity index (χ0v) is 9.72. The van der Waals surface area contributed by atoms with Crippen molar-refractivity contribution in [1.29, 1.82) is 0 Å². The number of likely N-dealkylation sites (N-methyl/N-ethyl adjacent to an activating group) is 1. The third-order valence-corrected chi connectivity index (χ3v) is 3.87. The Kier molecular flexibility index (Phi) is 2.99. The first-order chi connectivity index (χ1) is 7.56. The van der Waals surface area contributed by atoms with Crippen LogP contribution in [0.1, 0.15) is 19.8 Å². The van der Waals surface area contributed by atoms with Gasteiger partial charge in [0, 0.05) is 13.1 Å². The molecule has 0 aromatic rings. The summed E-state index contributed by atoms with van der Waals surface area (Å²) in [6, 6.07) is -0.326. The standard InChI is InChI=1S/C11H18N2O3/c1-7-3-4-13(9(7)6-14)8-5-10(15)12(2)11(8)16/h7-9,14H,3-6H2,1-2H3. The van der Waals surface area contributed by atoms with Crippen LogP contribution in [0.5, 0.6) is 0 Å². The fraction of sp³-hybridized carbons (Fsp3) is 0.818. The Morgan fingerprint density at radius 2 is 2.12 bits per heavy atom. The lowest BCUT2D eigenvalue weighted by Crippen LogP contribution is -2.46. The number of carbonyl (C=O) groups excluding carboxylic acids is 2. The number of hydrogen-bond acceptors (Lipinski definition) is 4. The molecule has 0 radical (unpaired) electrons. The first kappa shape index (κ1) is 11.5. The van der Waals surface area contributed by atoms with E-state index in [0.29, 0.717) is 5.92 Å². The monoisotopic (exact) mass is 226 g/mol. The maximum atomic E-state index is 11.9. The highest BCUT2D eigenvalue weighted by atomic mass is 16.3. The highest BCUT2D eigenvalue weighted by molar-refractivity contribution is 6.05. The predicted molar refractivity (Wildman–Crippen MR) is 57.5 cm³/mol. The second-order valence-corrected chi connectivity index (χ2v) is 4.76. The van der Waals surface area contributed by atoms with E-state index >= 15 is 0 Å². The van der Waals surface area contributed by atoms with Crippen molar-refractivity contribution in [2.75, 3.05) is 20.2 Å². The molecule has 2 rings (SSSR count). The summed E-state index contributed by atoms with van der Waals surface area (Å²) in [7, 11) is 1.53. The van der Waals surface area contributed by atoms with Gasteiger partial charge in [-0.3, -0.25) is 19.4 Å². The first-order valence-electron chi connectivity index (χ1n) is 5.73. The van der Waals surface area contributed by atoms with Crippen LogP contribution in [-0.4, -0.2) is 59.0 Å². The fourth-order valence-corrected chi connectivity index (χ4v) is 2.70. The second-order valence-electron chi connectivity index (χ2n) is 4.76. The average Bonchev–Trinajstić information content (AvgIpc) is 2.74. The van der Waals surface area contributed by atoms with Crippen LogP contribution in [0.4, 0.5) is 0 Å². The number of nitrogens with zero attached hydrogens (tertiary/aromatic N) is 2. The molecule has 3 unspecified atom stereocenters. The quantitative estimate of drug-likeness (QED) is 0.642. The Morgan fingerprint density at radius 1 is 1.44 bits per heavy atom. The van der Waals surface area contributed by atoms with Gasteiger partial charge in [0.15, 0.2) is 0 Å². The molecular formula is C11H18N2O3.